The monoisotopic (exact) mass is 367 g/mol. The molecule has 1 N–H and O–H groups in total. The summed E-state index contributed by atoms with van der Waals surface area (Å²) < 4.78 is 5.48. The summed E-state index contributed by atoms with van der Waals surface area (Å²) in [6, 6.07) is 13.8. The summed E-state index contributed by atoms with van der Waals surface area (Å²) in [5.41, 5.74) is 1.66. The van der Waals surface area contributed by atoms with Crippen LogP contribution in [0.3, 0.4) is 0 Å². The third kappa shape index (κ3) is 3.57. The van der Waals surface area contributed by atoms with Crippen LogP contribution in [0.15, 0.2) is 53.1 Å². The van der Waals surface area contributed by atoms with Crippen molar-refractivity contribution in [3.8, 4) is 22.0 Å². The van der Waals surface area contributed by atoms with E-state index in [0.717, 1.165) is 36.5 Å². The first-order chi connectivity index (χ1) is 12.7. The number of likely N-dealkylation sites (tertiary alicyclic amines) is 1. The maximum atomic E-state index is 13.0. The van der Waals surface area contributed by atoms with E-state index < -0.39 is 0 Å². The van der Waals surface area contributed by atoms with Crippen molar-refractivity contribution in [1.29, 1.82) is 0 Å². The van der Waals surface area contributed by atoms with E-state index in [9.17, 15) is 4.79 Å². The Labute approximate surface area is 156 Å². The molecule has 0 atom stereocenters. The van der Waals surface area contributed by atoms with Gasteiger partial charge >= 0.3 is 0 Å². The molecule has 26 heavy (non-hydrogen) atoms. The second-order valence-electron chi connectivity index (χ2n) is 6.59. The second-order valence-corrected chi connectivity index (χ2v) is 7.59. The molecule has 1 aromatic carbocycles. The molecule has 3 heterocycles. The number of thiazole rings is 1. The van der Waals surface area contributed by atoms with Crippen molar-refractivity contribution in [2.75, 3.05) is 20.1 Å². The van der Waals surface area contributed by atoms with Crippen molar-refractivity contribution >= 4 is 17.2 Å². The molecule has 5 nitrogen and oxygen atoms in total. The Hall–Kier alpha value is -2.44. The van der Waals surface area contributed by atoms with Crippen LogP contribution in [-0.4, -0.2) is 42.0 Å². The first-order valence-corrected chi connectivity index (χ1v) is 9.62. The van der Waals surface area contributed by atoms with Gasteiger partial charge in [-0.05, 0) is 45.1 Å². The highest BCUT2D eigenvalue weighted by Gasteiger charge is 2.24. The second kappa shape index (κ2) is 7.43. The van der Waals surface area contributed by atoms with Crippen LogP contribution in [0.4, 0.5) is 0 Å². The fourth-order valence-electron chi connectivity index (χ4n) is 3.18. The molecule has 0 saturated carbocycles. The predicted octanol–water partition coefficient (Wildman–Crippen LogP) is 3.89. The lowest BCUT2D eigenvalue weighted by molar-refractivity contribution is 0.0921. The number of aromatic nitrogens is 1. The first-order valence-electron chi connectivity index (χ1n) is 8.80. The Morgan fingerprint density at radius 2 is 1.96 bits per heavy atom. The molecule has 1 amide bonds. The number of carbonyl (C=O) groups excluding carboxylic acids is 1. The topological polar surface area (TPSA) is 58.4 Å². The molecule has 4 rings (SSSR count). The van der Waals surface area contributed by atoms with Crippen molar-refractivity contribution in [1.82, 2.24) is 15.2 Å². The summed E-state index contributed by atoms with van der Waals surface area (Å²) in [5, 5.41) is 3.92. The van der Waals surface area contributed by atoms with E-state index in [2.05, 4.69) is 17.3 Å². The highest BCUT2D eigenvalue weighted by atomic mass is 32.1. The third-order valence-corrected chi connectivity index (χ3v) is 5.74. The van der Waals surface area contributed by atoms with Crippen LogP contribution >= 0.6 is 11.3 Å². The van der Waals surface area contributed by atoms with Gasteiger partial charge in [0.1, 0.15) is 4.88 Å². The molecule has 3 aromatic rings. The number of nitrogens with one attached hydrogen (secondary N) is 1. The van der Waals surface area contributed by atoms with Gasteiger partial charge in [0.25, 0.3) is 5.91 Å². The number of benzene rings is 1. The van der Waals surface area contributed by atoms with E-state index in [1.807, 2.05) is 42.5 Å². The molecular formula is C20H21N3O2S. The molecule has 134 valence electrons. The minimum Gasteiger partial charge on any atom is -0.462 e. The van der Waals surface area contributed by atoms with Crippen molar-refractivity contribution in [3.05, 3.63) is 53.6 Å². The van der Waals surface area contributed by atoms with Gasteiger partial charge in [-0.1, -0.05) is 30.3 Å². The standard InChI is InChI=1S/C20H21N3O2S/c1-23-11-9-15(10-12-23)21-19(24)18-17(14-6-3-2-4-7-14)22-20(26-18)16-8-5-13-25-16/h2-8,13,15H,9-12H2,1H3,(H,21,24). The molecule has 1 fully saturated rings. The number of amides is 1. The number of furan rings is 1. The Bertz CT molecular complexity index is 866. The lowest BCUT2D eigenvalue weighted by atomic mass is 10.1. The number of nitrogens with zero attached hydrogens (tertiary/aromatic N) is 2. The maximum absolute atomic E-state index is 13.0. The largest absolute Gasteiger partial charge is 0.462 e. The minimum absolute atomic E-state index is 0.0475. The van der Waals surface area contributed by atoms with Crippen LogP contribution in [0.1, 0.15) is 22.5 Å². The average molecular weight is 367 g/mol. The molecule has 0 aliphatic carbocycles. The van der Waals surface area contributed by atoms with Gasteiger partial charge in [-0.15, -0.1) is 11.3 Å². The van der Waals surface area contributed by atoms with Gasteiger partial charge in [0.2, 0.25) is 0 Å². The lowest BCUT2D eigenvalue weighted by Gasteiger charge is -2.29. The van der Waals surface area contributed by atoms with Crippen molar-refractivity contribution in [2.24, 2.45) is 0 Å². The van der Waals surface area contributed by atoms with Crippen LogP contribution in [0, 0.1) is 0 Å². The molecule has 0 spiro atoms. The zero-order chi connectivity index (χ0) is 17.9. The van der Waals surface area contributed by atoms with E-state index >= 15 is 0 Å². The summed E-state index contributed by atoms with van der Waals surface area (Å²) in [6.07, 6.45) is 3.58. The number of rotatable bonds is 4. The SMILES string of the molecule is CN1CCC(NC(=O)c2sc(-c3ccco3)nc2-c2ccccc2)CC1. The molecule has 6 heteroatoms. The van der Waals surface area contributed by atoms with Gasteiger partial charge in [-0.3, -0.25) is 4.79 Å². The quantitative estimate of drug-likeness (QED) is 0.760. The zero-order valence-electron chi connectivity index (χ0n) is 14.6. The van der Waals surface area contributed by atoms with Crippen molar-refractivity contribution in [2.45, 2.75) is 18.9 Å². The Kier molecular flexibility index (Phi) is 4.86. The van der Waals surface area contributed by atoms with Gasteiger partial charge in [-0.25, -0.2) is 4.98 Å². The van der Waals surface area contributed by atoms with Gasteiger partial charge < -0.3 is 14.6 Å². The normalized spacial score (nSPS) is 15.9. The van der Waals surface area contributed by atoms with E-state index in [4.69, 9.17) is 9.40 Å². The first kappa shape index (κ1) is 17.0. The Balaban J connectivity index is 1.64. The van der Waals surface area contributed by atoms with E-state index in [0.29, 0.717) is 16.3 Å². The molecule has 1 saturated heterocycles. The maximum Gasteiger partial charge on any atom is 0.263 e. The number of piperidine rings is 1. The Morgan fingerprint density at radius 3 is 2.65 bits per heavy atom. The molecular weight excluding hydrogens is 346 g/mol. The molecule has 2 aromatic heterocycles. The summed E-state index contributed by atoms with van der Waals surface area (Å²) in [6.45, 7) is 2.02. The molecule has 0 bridgehead atoms. The predicted molar refractivity (Wildman–Crippen MR) is 103 cm³/mol. The van der Waals surface area contributed by atoms with E-state index in [1.165, 1.54) is 11.3 Å². The fraction of sp³-hybridized carbons (Fsp3) is 0.300. The minimum atomic E-state index is -0.0475. The fourth-order valence-corrected chi connectivity index (χ4v) is 4.13. The lowest BCUT2D eigenvalue weighted by Crippen LogP contribution is -2.43. The van der Waals surface area contributed by atoms with E-state index in [-0.39, 0.29) is 11.9 Å². The number of hydrogen-bond donors (Lipinski definition) is 1. The summed E-state index contributed by atoms with van der Waals surface area (Å²) in [7, 11) is 2.12. The molecule has 1 aliphatic heterocycles. The highest BCUT2D eigenvalue weighted by Crippen LogP contribution is 2.34. The Morgan fingerprint density at radius 1 is 1.19 bits per heavy atom. The summed E-state index contributed by atoms with van der Waals surface area (Å²) in [5.74, 6) is 0.638. The van der Waals surface area contributed by atoms with Crippen LogP contribution in [0.25, 0.3) is 22.0 Å². The van der Waals surface area contributed by atoms with Crippen LogP contribution in [0.2, 0.25) is 0 Å². The molecule has 1 aliphatic rings. The molecule has 0 radical (unpaired) electrons. The zero-order valence-corrected chi connectivity index (χ0v) is 15.5. The number of carbonyl (C=O) groups is 1. The smallest absolute Gasteiger partial charge is 0.263 e. The van der Waals surface area contributed by atoms with Gasteiger partial charge in [0.05, 0.1) is 12.0 Å². The summed E-state index contributed by atoms with van der Waals surface area (Å²) >= 11 is 1.38. The van der Waals surface area contributed by atoms with Crippen molar-refractivity contribution < 1.29 is 9.21 Å². The van der Waals surface area contributed by atoms with Crippen LogP contribution in [-0.2, 0) is 0 Å². The molecule has 0 unspecified atom stereocenters. The van der Waals surface area contributed by atoms with E-state index in [1.54, 1.807) is 6.26 Å². The van der Waals surface area contributed by atoms with Gasteiger partial charge in [0.15, 0.2) is 10.8 Å². The highest BCUT2D eigenvalue weighted by molar-refractivity contribution is 7.17. The third-order valence-electron chi connectivity index (χ3n) is 4.67. The van der Waals surface area contributed by atoms with Crippen molar-refractivity contribution in [3.63, 3.8) is 0 Å². The number of hydrogen-bond acceptors (Lipinski definition) is 5. The van der Waals surface area contributed by atoms with Crippen LogP contribution in [0.5, 0.6) is 0 Å². The average Bonchev–Trinajstić information content (AvgIpc) is 3.34. The van der Waals surface area contributed by atoms with Crippen LogP contribution < -0.4 is 5.32 Å². The van der Waals surface area contributed by atoms with Gasteiger partial charge in [-0.2, -0.15) is 0 Å². The van der Waals surface area contributed by atoms with Gasteiger partial charge in [0, 0.05) is 11.6 Å². The summed E-state index contributed by atoms with van der Waals surface area (Å²) in [4.78, 5) is 20.6.